The molecule has 0 aliphatic heterocycles. The van der Waals surface area contributed by atoms with Crippen LogP contribution in [0, 0.1) is 0 Å². The fraction of sp³-hybridized carbons (Fsp3) is 0.190. The first-order valence-corrected chi connectivity index (χ1v) is 10.0. The first-order valence-electron chi connectivity index (χ1n) is 9.66. The highest BCUT2D eigenvalue weighted by molar-refractivity contribution is 6.29. The van der Waals surface area contributed by atoms with Gasteiger partial charge in [-0.05, 0) is 54.8 Å². The van der Waals surface area contributed by atoms with Crippen molar-refractivity contribution in [2.24, 2.45) is 0 Å². The van der Waals surface area contributed by atoms with Crippen LogP contribution in [-0.4, -0.2) is 36.8 Å². The largest absolute Gasteiger partial charge is 0.420 e. The second-order valence-electron chi connectivity index (χ2n) is 7.39. The lowest BCUT2D eigenvalue weighted by Crippen LogP contribution is -2.13. The molecule has 148 valence electrons. The van der Waals surface area contributed by atoms with Gasteiger partial charge in [0.05, 0.1) is 5.52 Å². The van der Waals surface area contributed by atoms with Crippen molar-refractivity contribution in [2.45, 2.75) is 18.8 Å². The van der Waals surface area contributed by atoms with Crippen LogP contribution in [0.5, 0.6) is 0 Å². The molecular formula is C21H16ClN7O. The number of para-hydroxylation sites is 1. The van der Waals surface area contributed by atoms with Gasteiger partial charge in [0.2, 0.25) is 17.1 Å². The zero-order chi connectivity index (χ0) is 20.2. The summed E-state index contributed by atoms with van der Waals surface area (Å²) in [5, 5.41) is 17.7. The molecule has 30 heavy (non-hydrogen) atoms. The SMILES string of the molecule is CN(c1cccc(-c2nnc(C3CC3)o2)c1)c1nc2nnc(Cl)n2c2ccccc12. The van der Waals surface area contributed by atoms with Crippen molar-refractivity contribution in [3.8, 4) is 11.5 Å². The van der Waals surface area contributed by atoms with Crippen LogP contribution in [0.15, 0.2) is 52.9 Å². The Kier molecular flexibility index (Phi) is 3.76. The van der Waals surface area contributed by atoms with E-state index < -0.39 is 0 Å². The van der Waals surface area contributed by atoms with E-state index in [1.54, 1.807) is 4.40 Å². The second kappa shape index (κ2) is 6.50. The molecule has 9 heteroatoms. The molecule has 0 amide bonds. The third-order valence-electron chi connectivity index (χ3n) is 5.36. The maximum absolute atomic E-state index is 6.23. The van der Waals surface area contributed by atoms with E-state index in [2.05, 4.69) is 20.4 Å². The predicted octanol–water partition coefficient (Wildman–Crippen LogP) is 4.63. The predicted molar refractivity (Wildman–Crippen MR) is 113 cm³/mol. The summed E-state index contributed by atoms with van der Waals surface area (Å²) in [5.74, 6) is 2.88. The van der Waals surface area contributed by atoms with Crippen LogP contribution in [0.2, 0.25) is 5.28 Å². The van der Waals surface area contributed by atoms with Gasteiger partial charge in [0.15, 0.2) is 0 Å². The summed E-state index contributed by atoms with van der Waals surface area (Å²) in [6.07, 6.45) is 2.25. The Hall–Kier alpha value is -3.52. The molecule has 2 aromatic carbocycles. The summed E-state index contributed by atoms with van der Waals surface area (Å²) in [7, 11) is 1.96. The lowest BCUT2D eigenvalue weighted by molar-refractivity contribution is 0.508. The molecule has 0 radical (unpaired) electrons. The Morgan fingerprint density at radius 2 is 1.90 bits per heavy atom. The molecule has 1 aliphatic rings. The Bertz CT molecular complexity index is 1410. The molecular weight excluding hydrogens is 402 g/mol. The van der Waals surface area contributed by atoms with Crippen molar-refractivity contribution in [1.29, 1.82) is 0 Å². The van der Waals surface area contributed by atoms with Gasteiger partial charge in [-0.3, -0.25) is 0 Å². The van der Waals surface area contributed by atoms with Crippen molar-refractivity contribution in [3.05, 3.63) is 59.7 Å². The highest BCUT2D eigenvalue weighted by Crippen LogP contribution is 2.40. The van der Waals surface area contributed by atoms with Crippen LogP contribution in [0.1, 0.15) is 24.7 Å². The molecule has 5 aromatic rings. The Morgan fingerprint density at radius 1 is 1.03 bits per heavy atom. The number of anilines is 2. The molecule has 6 rings (SSSR count). The summed E-state index contributed by atoms with van der Waals surface area (Å²) in [6, 6.07) is 15.9. The van der Waals surface area contributed by atoms with Crippen LogP contribution in [0.4, 0.5) is 11.5 Å². The smallest absolute Gasteiger partial charge is 0.258 e. The highest BCUT2D eigenvalue weighted by atomic mass is 35.5. The van der Waals surface area contributed by atoms with Crippen molar-refractivity contribution < 1.29 is 4.42 Å². The van der Waals surface area contributed by atoms with E-state index in [4.69, 9.17) is 21.0 Å². The topological polar surface area (TPSA) is 85.2 Å². The quantitative estimate of drug-likeness (QED) is 0.421. The first-order chi connectivity index (χ1) is 14.7. The van der Waals surface area contributed by atoms with Crippen LogP contribution >= 0.6 is 11.6 Å². The molecule has 0 bridgehead atoms. The molecule has 0 unspecified atom stereocenters. The molecule has 0 N–H and O–H groups in total. The normalized spacial score (nSPS) is 13.9. The van der Waals surface area contributed by atoms with Crippen LogP contribution in [0.25, 0.3) is 28.1 Å². The summed E-state index contributed by atoms with van der Waals surface area (Å²) < 4.78 is 7.61. The molecule has 1 fully saturated rings. The molecule has 0 atom stereocenters. The van der Waals surface area contributed by atoms with E-state index in [-0.39, 0.29) is 5.28 Å². The molecule has 3 heterocycles. The average Bonchev–Trinajstić information content (AvgIpc) is 3.39. The number of nitrogens with zero attached hydrogens (tertiary/aromatic N) is 7. The molecule has 3 aromatic heterocycles. The van der Waals surface area contributed by atoms with E-state index >= 15 is 0 Å². The lowest BCUT2D eigenvalue weighted by atomic mass is 10.1. The summed E-state index contributed by atoms with van der Waals surface area (Å²) in [5.41, 5.74) is 2.70. The van der Waals surface area contributed by atoms with Crippen LogP contribution in [-0.2, 0) is 0 Å². The van der Waals surface area contributed by atoms with Gasteiger partial charge in [-0.25, -0.2) is 4.40 Å². The average molecular weight is 418 g/mol. The monoisotopic (exact) mass is 417 g/mol. The number of aromatic nitrogens is 6. The van der Waals surface area contributed by atoms with E-state index in [1.165, 1.54) is 0 Å². The number of hydrogen-bond acceptors (Lipinski definition) is 7. The standard InChI is InChI=1S/C21H16ClN7O/c1-28(14-6-4-5-13(11-14)19-25-24-18(30-19)12-9-10-12)17-15-7-2-3-8-16(15)29-20(22)26-27-21(29)23-17/h2-8,11-12H,9-10H2,1H3. The van der Waals surface area contributed by atoms with Gasteiger partial charge in [-0.15, -0.1) is 20.4 Å². The van der Waals surface area contributed by atoms with E-state index in [0.29, 0.717) is 17.6 Å². The Labute approximate surface area is 176 Å². The van der Waals surface area contributed by atoms with E-state index in [1.807, 2.05) is 60.5 Å². The maximum atomic E-state index is 6.23. The van der Waals surface area contributed by atoms with Crippen LogP contribution < -0.4 is 4.90 Å². The first kappa shape index (κ1) is 17.3. The lowest BCUT2D eigenvalue weighted by Gasteiger charge is -2.21. The minimum absolute atomic E-state index is 0.285. The van der Waals surface area contributed by atoms with Gasteiger partial charge in [0.1, 0.15) is 5.82 Å². The van der Waals surface area contributed by atoms with Gasteiger partial charge in [-0.2, -0.15) is 4.98 Å². The fourth-order valence-electron chi connectivity index (χ4n) is 3.62. The van der Waals surface area contributed by atoms with Gasteiger partial charge < -0.3 is 9.32 Å². The molecule has 1 saturated carbocycles. The fourth-order valence-corrected chi connectivity index (χ4v) is 3.83. The van der Waals surface area contributed by atoms with E-state index in [0.717, 1.165) is 46.7 Å². The number of benzene rings is 2. The number of fused-ring (bicyclic) bond motifs is 3. The summed E-state index contributed by atoms with van der Waals surface area (Å²) in [4.78, 5) is 6.72. The number of hydrogen-bond donors (Lipinski definition) is 0. The van der Waals surface area contributed by atoms with Gasteiger partial charge in [0.25, 0.3) is 5.78 Å². The number of rotatable bonds is 4. The third kappa shape index (κ3) is 2.72. The molecule has 8 nitrogen and oxygen atoms in total. The zero-order valence-electron chi connectivity index (χ0n) is 16.0. The molecule has 0 saturated heterocycles. The highest BCUT2D eigenvalue weighted by Gasteiger charge is 2.29. The number of halogens is 1. The molecule has 0 spiro atoms. The summed E-state index contributed by atoms with van der Waals surface area (Å²) >= 11 is 6.23. The Balaban J connectivity index is 1.46. The van der Waals surface area contributed by atoms with E-state index in [9.17, 15) is 0 Å². The van der Waals surface area contributed by atoms with Gasteiger partial charge >= 0.3 is 0 Å². The Morgan fingerprint density at radius 3 is 2.77 bits per heavy atom. The van der Waals surface area contributed by atoms with Gasteiger partial charge in [-0.1, -0.05) is 18.2 Å². The van der Waals surface area contributed by atoms with Crippen molar-refractivity contribution in [2.75, 3.05) is 11.9 Å². The van der Waals surface area contributed by atoms with Crippen molar-refractivity contribution in [3.63, 3.8) is 0 Å². The molecule has 1 aliphatic carbocycles. The minimum Gasteiger partial charge on any atom is -0.420 e. The minimum atomic E-state index is 0.285. The van der Waals surface area contributed by atoms with Crippen molar-refractivity contribution in [1.82, 2.24) is 29.8 Å². The van der Waals surface area contributed by atoms with Crippen LogP contribution in [0.3, 0.4) is 0 Å². The van der Waals surface area contributed by atoms with Gasteiger partial charge in [0, 0.05) is 29.6 Å². The zero-order valence-corrected chi connectivity index (χ0v) is 16.8. The second-order valence-corrected chi connectivity index (χ2v) is 7.72. The summed E-state index contributed by atoms with van der Waals surface area (Å²) in [6.45, 7) is 0. The maximum Gasteiger partial charge on any atom is 0.258 e. The third-order valence-corrected chi connectivity index (χ3v) is 5.61. The van der Waals surface area contributed by atoms with Crippen molar-refractivity contribution >= 4 is 39.8 Å².